The number of carbonyl (C=O) groups is 3. The average molecular weight is 234 g/mol. The molecule has 2 amide bonds. The molecule has 1 unspecified atom stereocenters. The van der Waals surface area contributed by atoms with Gasteiger partial charge in [0.15, 0.2) is 0 Å². The second-order valence-electron chi connectivity index (χ2n) is 3.50. The molecule has 0 fully saturated rings. The van der Waals surface area contributed by atoms with E-state index in [1.54, 1.807) is 24.3 Å². The molecule has 17 heavy (non-hydrogen) atoms. The zero-order valence-electron chi connectivity index (χ0n) is 9.47. The molecule has 0 aliphatic rings. The number of rotatable bonds is 5. The zero-order valence-corrected chi connectivity index (χ0v) is 9.47. The molecule has 0 aromatic heterocycles. The van der Waals surface area contributed by atoms with Crippen molar-refractivity contribution in [3.8, 4) is 0 Å². The summed E-state index contributed by atoms with van der Waals surface area (Å²) >= 11 is 0. The number of nitrogens with one attached hydrogen (secondary N) is 2. The summed E-state index contributed by atoms with van der Waals surface area (Å²) in [6, 6.07) is 8.20. The van der Waals surface area contributed by atoms with Gasteiger partial charge in [-0.15, -0.1) is 0 Å². The Bertz CT molecular complexity index is 403. The maximum Gasteiger partial charge on any atom is 0.240 e. The Labute approximate surface area is 99.2 Å². The monoisotopic (exact) mass is 234 g/mol. The number of aldehydes is 1. The zero-order chi connectivity index (χ0) is 12.7. The van der Waals surface area contributed by atoms with E-state index in [9.17, 15) is 14.4 Å². The lowest BCUT2D eigenvalue weighted by Gasteiger charge is -2.13. The first-order valence-electron chi connectivity index (χ1n) is 5.17. The van der Waals surface area contributed by atoms with E-state index in [1.165, 1.54) is 6.92 Å². The molecule has 2 N–H and O–H groups in total. The van der Waals surface area contributed by atoms with Gasteiger partial charge in [-0.25, -0.2) is 0 Å². The molecule has 0 saturated heterocycles. The lowest BCUT2D eigenvalue weighted by Crippen LogP contribution is -2.38. The van der Waals surface area contributed by atoms with Crippen LogP contribution in [0, 0.1) is 0 Å². The van der Waals surface area contributed by atoms with Crippen molar-refractivity contribution >= 4 is 18.1 Å². The van der Waals surface area contributed by atoms with Crippen LogP contribution in [-0.4, -0.2) is 24.6 Å². The summed E-state index contributed by atoms with van der Waals surface area (Å²) in [6.45, 7) is 1.19. The Morgan fingerprint density at radius 1 is 1.29 bits per heavy atom. The summed E-state index contributed by atoms with van der Waals surface area (Å²) in [4.78, 5) is 32.9. The van der Waals surface area contributed by atoms with Crippen molar-refractivity contribution in [1.82, 2.24) is 10.6 Å². The van der Waals surface area contributed by atoms with Gasteiger partial charge in [-0.1, -0.05) is 30.3 Å². The van der Waals surface area contributed by atoms with Gasteiger partial charge in [-0.05, 0) is 5.56 Å². The molecule has 5 heteroatoms. The van der Waals surface area contributed by atoms with Crippen LogP contribution in [-0.2, 0) is 14.4 Å². The molecular formula is C12H14N2O3. The van der Waals surface area contributed by atoms with Gasteiger partial charge >= 0.3 is 0 Å². The first-order chi connectivity index (χ1) is 8.13. The van der Waals surface area contributed by atoms with Crippen LogP contribution in [0.1, 0.15) is 18.5 Å². The molecule has 1 rings (SSSR count). The standard InChI is InChI=1S/C12H14N2O3/c1-9(16)13-7-12(17)14-11(8-15)10-5-3-2-4-6-10/h2-6,8,11H,7H2,1H3,(H,13,16)(H,14,17). The van der Waals surface area contributed by atoms with Crippen LogP contribution in [0.15, 0.2) is 30.3 Å². The van der Waals surface area contributed by atoms with E-state index in [1.807, 2.05) is 6.07 Å². The Hall–Kier alpha value is -2.17. The van der Waals surface area contributed by atoms with Gasteiger partial charge in [0.05, 0.1) is 6.54 Å². The third-order valence-corrected chi connectivity index (χ3v) is 2.11. The summed E-state index contributed by atoms with van der Waals surface area (Å²) in [5.41, 5.74) is 0.707. The fourth-order valence-corrected chi connectivity index (χ4v) is 1.29. The first-order valence-corrected chi connectivity index (χ1v) is 5.17. The maximum atomic E-state index is 11.4. The van der Waals surface area contributed by atoms with Gasteiger partial charge in [-0.3, -0.25) is 9.59 Å². The highest BCUT2D eigenvalue weighted by molar-refractivity contribution is 5.85. The van der Waals surface area contributed by atoms with Crippen LogP contribution < -0.4 is 10.6 Å². The Morgan fingerprint density at radius 3 is 2.47 bits per heavy atom. The second kappa shape index (κ2) is 6.42. The molecule has 90 valence electrons. The third kappa shape index (κ3) is 4.46. The summed E-state index contributed by atoms with van der Waals surface area (Å²) in [5, 5.41) is 4.88. The third-order valence-electron chi connectivity index (χ3n) is 2.11. The van der Waals surface area contributed by atoms with Crippen molar-refractivity contribution < 1.29 is 14.4 Å². The molecule has 5 nitrogen and oxygen atoms in total. The molecule has 0 bridgehead atoms. The van der Waals surface area contributed by atoms with E-state index in [2.05, 4.69) is 10.6 Å². The molecule has 0 saturated carbocycles. The molecule has 0 radical (unpaired) electrons. The quantitative estimate of drug-likeness (QED) is 0.713. The maximum absolute atomic E-state index is 11.4. The van der Waals surface area contributed by atoms with E-state index < -0.39 is 11.9 Å². The molecule has 0 spiro atoms. The van der Waals surface area contributed by atoms with Crippen molar-refractivity contribution in [2.45, 2.75) is 13.0 Å². The predicted molar refractivity (Wildman–Crippen MR) is 62.1 cm³/mol. The topological polar surface area (TPSA) is 75.3 Å². The van der Waals surface area contributed by atoms with E-state index in [0.717, 1.165) is 0 Å². The fourth-order valence-electron chi connectivity index (χ4n) is 1.29. The largest absolute Gasteiger partial charge is 0.347 e. The summed E-state index contributed by atoms with van der Waals surface area (Å²) in [6.07, 6.45) is 0.654. The van der Waals surface area contributed by atoms with Crippen molar-refractivity contribution in [2.75, 3.05) is 6.54 Å². The molecule has 1 aromatic rings. The number of hydrogen-bond acceptors (Lipinski definition) is 3. The number of carbonyl (C=O) groups excluding carboxylic acids is 3. The second-order valence-corrected chi connectivity index (χ2v) is 3.50. The van der Waals surface area contributed by atoms with E-state index >= 15 is 0 Å². The van der Waals surface area contributed by atoms with Crippen LogP contribution in [0.3, 0.4) is 0 Å². The number of hydrogen-bond donors (Lipinski definition) is 2. The highest BCUT2D eigenvalue weighted by atomic mass is 16.2. The Morgan fingerprint density at radius 2 is 1.94 bits per heavy atom. The molecule has 0 aliphatic carbocycles. The highest BCUT2D eigenvalue weighted by Crippen LogP contribution is 2.09. The van der Waals surface area contributed by atoms with Crippen LogP contribution in [0.5, 0.6) is 0 Å². The summed E-state index contributed by atoms with van der Waals surface area (Å²) in [5.74, 6) is -0.691. The van der Waals surface area contributed by atoms with E-state index in [-0.39, 0.29) is 12.5 Å². The average Bonchev–Trinajstić information content (AvgIpc) is 2.34. The minimum Gasteiger partial charge on any atom is -0.347 e. The lowest BCUT2D eigenvalue weighted by atomic mass is 10.1. The van der Waals surface area contributed by atoms with Crippen LogP contribution in [0.25, 0.3) is 0 Å². The van der Waals surface area contributed by atoms with Gasteiger partial charge in [0.1, 0.15) is 12.3 Å². The van der Waals surface area contributed by atoms with Crippen molar-refractivity contribution in [3.05, 3.63) is 35.9 Å². The molecule has 1 aromatic carbocycles. The Balaban J connectivity index is 2.56. The Kier molecular flexibility index (Phi) is 4.87. The summed E-state index contributed by atoms with van der Waals surface area (Å²) in [7, 11) is 0. The van der Waals surface area contributed by atoms with Gasteiger partial charge in [-0.2, -0.15) is 0 Å². The molecule has 0 aliphatic heterocycles. The predicted octanol–water partition coefficient (Wildman–Crippen LogP) is 0.179. The fraction of sp³-hybridized carbons (Fsp3) is 0.250. The molecular weight excluding hydrogens is 220 g/mol. The van der Waals surface area contributed by atoms with Gasteiger partial charge in [0.2, 0.25) is 11.8 Å². The summed E-state index contributed by atoms with van der Waals surface area (Å²) < 4.78 is 0. The van der Waals surface area contributed by atoms with Crippen LogP contribution in [0.4, 0.5) is 0 Å². The smallest absolute Gasteiger partial charge is 0.240 e. The van der Waals surface area contributed by atoms with E-state index in [0.29, 0.717) is 11.8 Å². The van der Waals surface area contributed by atoms with Gasteiger partial charge in [0.25, 0.3) is 0 Å². The first kappa shape index (κ1) is 12.9. The van der Waals surface area contributed by atoms with Crippen molar-refractivity contribution in [2.24, 2.45) is 0 Å². The van der Waals surface area contributed by atoms with Gasteiger partial charge in [0, 0.05) is 6.92 Å². The molecule has 0 heterocycles. The molecule has 1 atom stereocenters. The lowest BCUT2D eigenvalue weighted by molar-refractivity contribution is -0.126. The van der Waals surface area contributed by atoms with Crippen molar-refractivity contribution in [3.63, 3.8) is 0 Å². The normalized spacial score (nSPS) is 11.4. The number of amides is 2. The van der Waals surface area contributed by atoms with E-state index in [4.69, 9.17) is 0 Å². The SMILES string of the molecule is CC(=O)NCC(=O)NC(C=O)c1ccccc1. The van der Waals surface area contributed by atoms with Crippen molar-refractivity contribution in [1.29, 1.82) is 0 Å². The number of benzene rings is 1. The minimum atomic E-state index is -0.683. The van der Waals surface area contributed by atoms with Gasteiger partial charge < -0.3 is 15.4 Å². The minimum absolute atomic E-state index is 0.132. The van der Waals surface area contributed by atoms with Crippen LogP contribution in [0.2, 0.25) is 0 Å². The van der Waals surface area contributed by atoms with Crippen LogP contribution >= 0.6 is 0 Å². The highest BCUT2D eigenvalue weighted by Gasteiger charge is 2.12.